The summed E-state index contributed by atoms with van der Waals surface area (Å²) >= 11 is 0. The maximum Gasteiger partial charge on any atom is 0.207 e. The SMILES string of the molecule is CCCNc1nc(C)cn1-c1ccccc1. The predicted molar refractivity (Wildman–Crippen MR) is 67.1 cm³/mol. The Bertz CT molecular complexity index is 445. The standard InChI is InChI=1S/C13H17N3/c1-3-9-14-13-15-11(2)10-16(13)12-7-5-4-6-8-12/h4-8,10H,3,9H2,1-2H3,(H,14,15). The van der Waals surface area contributed by atoms with Crippen molar-refractivity contribution in [3.05, 3.63) is 42.2 Å². The number of anilines is 1. The molecule has 0 radical (unpaired) electrons. The summed E-state index contributed by atoms with van der Waals surface area (Å²) < 4.78 is 2.09. The van der Waals surface area contributed by atoms with E-state index in [-0.39, 0.29) is 0 Å². The van der Waals surface area contributed by atoms with E-state index < -0.39 is 0 Å². The van der Waals surface area contributed by atoms with Crippen LogP contribution in [-0.4, -0.2) is 16.1 Å². The molecule has 0 fully saturated rings. The molecule has 0 saturated carbocycles. The van der Waals surface area contributed by atoms with Crippen molar-refractivity contribution in [3.63, 3.8) is 0 Å². The van der Waals surface area contributed by atoms with Crippen LogP contribution in [-0.2, 0) is 0 Å². The average molecular weight is 215 g/mol. The molecule has 2 rings (SSSR count). The lowest BCUT2D eigenvalue weighted by Crippen LogP contribution is -2.06. The van der Waals surface area contributed by atoms with E-state index in [0.29, 0.717) is 0 Å². The van der Waals surface area contributed by atoms with Crippen molar-refractivity contribution in [2.45, 2.75) is 20.3 Å². The maximum absolute atomic E-state index is 4.48. The summed E-state index contributed by atoms with van der Waals surface area (Å²) in [5.41, 5.74) is 2.17. The van der Waals surface area contributed by atoms with E-state index in [4.69, 9.17) is 0 Å². The summed E-state index contributed by atoms with van der Waals surface area (Å²) in [5, 5.41) is 3.33. The number of hydrogen-bond donors (Lipinski definition) is 1. The second-order valence-corrected chi connectivity index (χ2v) is 3.84. The van der Waals surface area contributed by atoms with Crippen LogP contribution < -0.4 is 5.32 Å². The van der Waals surface area contributed by atoms with Crippen molar-refractivity contribution in [1.82, 2.24) is 9.55 Å². The molecule has 1 N–H and O–H groups in total. The van der Waals surface area contributed by atoms with E-state index in [1.165, 1.54) is 0 Å². The van der Waals surface area contributed by atoms with Gasteiger partial charge in [0.25, 0.3) is 0 Å². The van der Waals surface area contributed by atoms with E-state index in [0.717, 1.165) is 30.3 Å². The van der Waals surface area contributed by atoms with Crippen molar-refractivity contribution < 1.29 is 0 Å². The molecule has 0 spiro atoms. The van der Waals surface area contributed by atoms with E-state index in [2.05, 4.69) is 33.9 Å². The van der Waals surface area contributed by atoms with Crippen molar-refractivity contribution in [3.8, 4) is 5.69 Å². The van der Waals surface area contributed by atoms with Gasteiger partial charge in [-0.1, -0.05) is 25.1 Å². The number of hydrogen-bond acceptors (Lipinski definition) is 2. The van der Waals surface area contributed by atoms with Gasteiger partial charge in [0, 0.05) is 18.4 Å². The minimum Gasteiger partial charge on any atom is -0.355 e. The fourth-order valence-corrected chi connectivity index (χ4v) is 1.64. The van der Waals surface area contributed by atoms with Crippen LogP contribution in [0.15, 0.2) is 36.5 Å². The van der Waals surface area contributed by atoms with Crippen LogP contribution in [0, 0.1) is 6.92 Å². The number of para-hydroxylation sites is 1. The molecular formula is C13H17N3. The predicted octanol–water partition coefficient (Wildman–Crippen LogP) is 3.00. The van der Waals surface area contributed by atoms with Crippen LogP contribution in [0.5, 0.6) is 0 Å². The number of aryl methyl sites for hydroxylation is 1. The highest BCUT2D eigenvalue weighted by Gasteiger charge is 2.05. The minimum absolute atomic E-state index is 0.922. The highest BCUT2D eigenvalue weighted by molar-refractivity contribution is 5.42. The average Bonchev–Trinajstić information content (AvgIpc) is 2.69. The summed E-state index contributed by atoms with van der Waals surface area (Å²) in [4.78, 5) is 4.48. The monoisotopic (exact) mass is 215 g/mol. The first-order valence-corrected chi connectivity index (χ1v) is 5.66. The molecule has 0 atom stereocenters. The van der Waals surface area contributed by atoms with Gasteiger partial charge in [-0.2, -0.15) is 0 Å². The van der Waals surface area contributed by atoms with Crippen molar-refractivity contribution >= 4 is 5.95 Å². The van der Waals surface area contributed by atoms with Crippen LogP contribution in [0.2, 0.25) is 0 Å². The smallest absolute Gasteiger partial charge is 0.207 e. The topological polar surface area (TPSA) is 29.9 Å². The van der Waals surface area contributed by atoms with Gasteiger partial charge in [0.1, 0.15) is 0 Å². The second-order valence-electron chi connectivity index (χ2n) is 3.84. The molecule has 84 valence electrons. The second kappa shape index (κ2) is 4.84. The zero-order chi connectivity index (χ0) is 11.4. The summed E-state index contributed by atoms with van der Waals surface area (Å²) in [7, 11) is 0. The van der Waals surface area contributed by atoms with Gasteiger partial charge in [-0.25, -0.2) is 4.98 Å². The molecule has 3 heteroatoms. The zero-order valence-electron chi connectivity index (χ0n) is 9.77. The normalized spacial score (nSPS) is 10.4. The van der Waals surface area contributed by atoms with Crippen LogP contribution in [0.1, 0.15) is 19.0 Å². The first-order chi connectivity index (χ1) is 7.81. The Morgan fingerprint density at radius 1 is 1.25 bits per heavy atom. The third-order valence-corrected chi connectivity index (χ3v) is 2.39. The summed E-state index contributed by atoms with van der Waals surface area (Å²) in [5.74, 6) is 0.922. The molecule has 0 aliphatic rings. The zero-order valence-corrected chi connectivity index (χ0v) is 9.77. The molecule has 2 aromatic rings. The van der Waals surface area contributed by atoms with E-state index in [9.17, 15) is 0 Å². The van der Waals surface area contributed by atoms with Gasteiger partial charge >= 0.3 is 0 Å². The fourth-order valence-electron chi connectivity index (χ4n) is 1.64. The van der Waals surface area contributed by atoms with Gasteiger partial charge in [0.05, 0.1) is 5.69 Å². The summed E-state index contributed by atoms with van der Waals surface area (Å²) in [6, 6.07) is 10.3. The molecule has 16 heavy (non-hydrogen) atoms. The molecule has 0 bridgehead atoms. The number of benzene rings is 1. The number of imidazole rings is 1. The highest BCUT2D eigenvalue weighted by atomic mass is 15.2. The lowest BCUT2D eigenvalue weighted by atomic mass is 10.3. The molecule has 1 aromatic carbocycles. The highest BCUT2D eigenvalue weighted by Crippen LogP contribution is 2.15. The Morgan fingerprint density at radius 3 is 2.69 bits per heavy atom. The number of nitrogens with one attached hydrogen (secondary N) is 1. The minimum atomic E-state index is 0.922. The van der Waals surface area contributed by atoms with E-state index >= 15 is 0 Å². The lowest BCUT2D eigenvalue weighted by molar-refractivity contribution is 0.936. The molecular weight excluding hydrogens is 198 g/mol. The van der Waals surface area contributed by atoms with E-state index in [1.54, 1.807) is 0 Å². The van der Waals surface area contributed by atoms with Crippen molar-refractivity contribution in [2.75, 3.05) is 11.9 Å². The van der Waals surface area contributed by atoms with E-state index in [1.807, 2.05) is 31.3 Å². The number of nitrogens with zero attached hydrogens (tertiary/aromatic N) is 2. The molecule has 1 heterocycles. The first kappa shape index (κ1) is 10.7. The Hall–Kier alpha value is -1.77. The van der Waals surface area contributed by atoms with Crippen LogP contribution in [0.3, 0.4) is 0 Å². The van der Waals surface area contributed by atoms with Crippen LogP contribution in [0.4, 0.5) is 5.95 Å². The Balaban J connectivity index is 2.33. The lowest BCUT2D eigenvalue weighted by Gasteiger charge is -2.08. The Kier molecular flexibility index (Phi) is 3.25. The van der Waals surface area contributed by atoms with Crippen molar-refractivity contribution in [1.29, 1.82) is 0 Å². The molecule has 0 aliphatic carbocycles. The quantitative estimate of drug-likeness (QED) is 0.849. The molecule has 0 aliphatic heterocycles. The number of rotatable bonds is 4. The molecule has 0 unspecified atom stereocenters. The molecule has 0 saturated heterocycles. The summed E-state index contributed by atoms with van der Waals surface area (Å²) in [6.07, 6.45) is 3.15. The van der Waals surface area contributed by atoms with Crippen LogP contribution in [0.25, 0.3) is 5.69 Å². The Labute approximate surface area is 96.1 Å². The largest absolute Gasteiger partial charge is 0.355 e. The van der Waals surface area contributed by atoms with Gasteiger partial charge in [-0.15, -0.1) is 0 Å². The molecule has 1 aromatic heterocycles. The molecule has 0 amide bonds. The third-order valence-electron chi connectivity index (χ3n) is 2.39. The third kappa shape index (κ3) is 2.24. The van der Waals surface area contributed by atoms with Gasteiger partial charge in [0.2, 0.25) is 5.95 Å². The maximum atomic E-state index is 4.48. The van der Waals surface area contributed by atoms with Gasteiger partial charge in [0.15, 0.2) is 0 Å². The van der Waals surface area contributed by atoms with Gasteiger partial charge in [-0.05, 0) is 25.5 Å². The van der Waals surface area contributed by atoms with Gasteiger partial charge in [-0.3, -0.25) is 4.57 Å². The summed E-state index contributed by atoms with van der Waals surface area (Å²) in [6.45, 7) is 5.11. The first-order valence-electron chi connectivity index (χ1n) is 5.66. The van der Waals surface area contributed by atoms with Gasteiger partial charge < -0.3 is 5.32 Å². The fraction of sp³-hybridized carbons (Fsp3) is 0.308. The Morgan fingerprint density at radius 2 is 2.00 bits per heavy atom. The molecule has 3 nitrogen and oxygen atoms in total. The number of aromatic nitrogens is 2. The van der Waals surface area contributed by atoms with Crippen molar-refractivity contribution in [2.24, 2.45) is 0 Å². The van der Waals surface area contributed by atoms with Crippen LogP contribution >= 0.6 is 0 Å².